The van der Waals surface area contributed by atoms with Gasteiger partial charge in [-0.05, 0) is 28.4 Å². The molecule has 0 fully saturated rings. The first-order valence-electron chi connectivity index (χ1n) is 5.56. The van der Waals surface area contributed by atoms with Crippen molar-refractivity contribution < 1.29 is 5.11 Å². The second-order valence-corrected chi connectivity index (χ2v) is 5.05. The van der Waals surface area contributed by atoms with E-state index in [4.69, 9.17) is 0 Å². The van der Waals surface area contributed by atoms with Gasteiger partial charge in [0.15, 0.2) is 0 Å². The summed E-state index contributed by atoms with van der Waals surface area (Å²) in [6, 6.07) is 9.78. The first-order valence-corrected chi connectivity index (χ1v) is 6.35. The van der Waals surface area contributed by atoms with Gasteiger partial charge in [0.2, 0.25) is 0 Å². The molecule has 18 heavy (non-hydrogen) atoms. The maximum atomic E-state index is 9.67. The van der Waals surface area contributed by atoms with Gasteiger partial charge in [0.25, 0.3) is 0 Å². The molecule has 1 aromatic carbocycles. The van der Waals surface area contributed by atoms with Crippen LogP contribution in [0.5, 0.6) is 0 Å². The first-order chi connectivity index (χ1) is 8.65. The molecule has 0 amide bonds. The van der Waals surface area contributed by atoms with Gasteiger partial charge >= 0.3 is 0 Å². The third-order valence-corrected chi connectivity index (χ3v) is 3.37. The molecule has 2 aromatic rings. The second kappa shape index (κ2) is 5.46. The number of nitrogens with zero attached hydrogens (tertiary/aromatic N) is 2. The Morgan fingerprint density at radius 1 is 1.33 bits per heavy atom. The fourth-order valence-corrected chi connectivity index (χ4v) is 1.99. The number of anilines is 1. The minimum Gasteiger partial charge on any atom is -0.394 e. The Bertz CT molecular complexity index is 521. The molecule has 0 spiro atoms. The third kappa shape index (κ3) is 2.68. The van der Waals surface area contributed by atoms with Gasteiger partial charge in [-0.3, -0.25) is 0 Å². The lowest BCUT2D eigenvalue weighted by Crippen LogP contribution is -2.36. The van der Waals surface area contributed by atoms with Gasteiger partial charge in [-0.25, -0.2) is 9.97 Å². The molecule has 5 heteroatoms. The Morgan fingerprint density at radius 2 is 2.06 bits per heavy atom. The molecule has 2 rings (SSSR count). The molecule has 1 aromatic heterocycles. The van der Waals surface area contributed by atoms with E-state index in [1.54, 1.807) is 6.20 Å². The van der Waals surface area contributed by atoms with Gasteiger partial charge in [-0.15, -0.1) is 0 Å². The SMILES string of the molecule is CC(CO)(Nc1ncncc1Br)c1ccccc1. The van der Waals surface area contributed by atoms with Crippen LogP contribution in [0.25, 0.3) is 0 Å². The lowest BCUT2D eigenvalue weighted by molar-refractivity contribution is 0.223. The summed E-state index contributed by atoms with van der Waals surface area (Å²) in [4.78, 5) is 8.07. The van der Waals surface area contributed by atoms with Crippen LogP contribution in [-0.4, -0.2) is 21.7 Å². The summed E-state index contributed by atoms with van der Waals surface area (Å²) < 4.78 is 0.764. The van der Waals surface area contributed by atoms with Crippen LogP contribution in [0.4, 0.5) is 5.82 Å². The van der Waals surface area contributed by atoms with E-state index in [-0.39, 0.29) is 6.61 Å². The lowest BCUT2D eigenvalue weighted by atomic mass is 9.93. The predicted octanol–water partition coefficient (Wildman–Crippen LogP) is 2.56. The van der Waals surface area contributed by atoms with Crippen LogP contribution >= 0.6 is 15.9 Å². The van der Waals surface area contributed by atoms with Crippen molar-refractivity contribution in [3.05, 3.63) is 52.9 Å². The molecule has 1 unspecified atom stereocenters. The molecule has 0 aliphatic rings. The Morgan fingerprint density at radius 3 is 2.67 bits per heavy atom. The minimum atomic E-state index is -0.585. The van der Waals surface area contributed by atoms with Crippen molar-refractivity contribution in [3.8, 4) is 0 Å². The standard InChI is InChI=1S/C13H14BrN3O/c1-13(8-18,10-5-3-2-4-6-10)17-12-11(14)7-15-9-16-12/h2-7,9,18H,8H2,1H3,(H,15,16,17). The number of halogens is 1. The normalized spacial score (nSPS) is 13.9. The van der Waals surface area contributed by atoms with Crippen molar-refractivity contribution in [2.45, 2.75) is 12.5 Å². The topological polar surface area (TPSA) is 58.0 Å². The van der Waals surface area contributed by atoms with E-state index in [2.05, 4.69) is 31.2 Å². The van der Waals surface area contributed by atoms with Crippen LogP contribution < -0.4 is 5.32 Å². The van der Waals surface area contributed by atoms with Gasteiger partial charge in [0.1, 0.15) is 12.1 Å². The molecular weight excluding hydrogens is 294 g/mol. The average molecular weight is 308 g/mol. The molecule has 0 aliphatic carbocycles. The van der Waals surface area contributed by atoms with Crippen molar-refractivity contribution in [2.24, 2.45) is 0 Å². The van der Waals surface area contributed by atoms with Crippen LogP contribution in [0.15, 0.2) is 47.3 Å². The maximum Gasteiger partial charge on any atom is 0.144 e. The fourth-order valence-electron chi connectivity index (χ4n) is 1.67. The van der Waals surface area contributed by atoms with Crippen LogP contribution in [0, 0.1) is 0 Å². The third-order valence-electron chi connectivity index (χ3n) is 2.79. The molecule has 1 atom stereocenters. The number of aromatic nitrogens is 2. The van der Waals surface area contributed by atoms with Gasteiger partial charge in [0.05, 0.1) is 16.6 Å². The fraction of sp³-hybridized carbons (Fsp3) is 0.231. The molecule has 4 nitrogen and oxygen atoms in total. The first kappa shape index (κ1) is 13.0. The Balaban J connectivity index is 2.32. The van der Waals surface area contributed by atoms with E-state index in [0.717, 1.165) is 10.0 Å². The number of rotatable bonds is 4. The Hall–Kier alpha value is -1.46. The average Bonchev–Trinajstić information content (AvgIpc) is 2.42. The molecule has 0 radical (unpaired) electrons. The summed E-state index contributed by atoms with van der Waals surface area (Å²) in [6.07, 6.45) is 3.13. The Labute approximate surface area is 114 Å². The van der Waals surface area contributed by atoms with E-state index in [0.29, 0.717) is 5.82 Å². The highest BCUT2D eigenvalue weighted by atomic mass is 79.9. The van der Waals surface area contributed by atoms with Gasteiger partial charge in [0, 0.05) is 6.20 Å². The van der Waals surface area contributed by atoms with E-state index in [9.17, 15) is 5.11 Å². The quantitative estimate of drug-likeness (QED) is 0.911. The predicted molar refractivity (Wildman–Crippen MR) is 74.2 cm³/mol. The molecule has 0 bridgehead atoms. The van der Waals surface area contributed by atoms with Crippen LogP contribution in [0.3, 0.4) is 0 Å². The number of benzene rings is 1. The number of aliphatic hydroxyl groups excluding tert-OH is 1. The highest BCUT2D eigenvalue weighted by Crippen LogP contribution is 2.28. The number of hydrogen-bond acceptors (Lipinski definition) is 4. The molecular formula is C13H14BrN3O. The van der Waals surface area contributed by atoms with E-state index >= 15 is 0 Å². The zero-order valence-electron chi connectivity index (χ0n) is 9.97. The summed E-state index contributed by atoms with van der Waals surface area (Å²) in [5, 5.41) is 12.9. The highest BCUT2D eigenvalue weighted by Gasteiger charge is 2.26. The summed E-state index contributed by atoms with van der Waals surface area (Å²) in [5.41, 5.74) is 0.413. The zero-order valence-corrected chi connectivity index (χ0v) is 11.6. The number of aliphatic hydroxyl groups is 1. The summed E-state index contributed by atoms with van der Waals surface area (Å²) in [7, 11) is 0. The summed E-state index contributed by atoms with van der Waals surface area (Å²) in [6.45, 7) is 1.89. The van der Waals surface area contributed by atoms with E-state index < -0.39 is 5.54 Å². The summed E-state index contributed by atoms with van der Waals surface area (Å²) >= 11 is 3.38. The number of nitrogens with one attached hydrogen (secondary N) is 1. The van der Waals surface area contributed by atoms with Gasteiger partial charge < -0.3 is 10.4 Å². The molecule has 0 saturated carbocycles. The largest absolute Gasteiger partial charge is 0.394 e. The van der Waals surface area contributed by atoms with E-state index in [1.807, 2.05) is 37.3 Å². The minimum absolute atomic E-state index is 0.0343. The van der Waals surface area contributed by atoms with Gasteiger partial charge in [-0.1, -0.05) is 30.3 Å². The van der Waals surface area contributed by atoms with Gasteiger partial charge in [-0.2, -0.15) is 0 Å². The van der Waals surface area contributed by atoms with Crippen molar-refractivity contribution in [1.82, 2.24) is 9.97 Å². The molecule has 0 saturated heterocycles. The van der Waals surface area contributed by atoms with Crippen molar-refractivity contribution in [3.63, 3.8) is 0 Å². The molecule has 0 aliphatic heterocycles. The highest BCUT2D eigenvalue weighted by molar-refractivity contribution is 9.10. The Kier molecular flexibility index (Phi) is 3.93. The second-order valence-electron chi connectivity index (χ2n) is 4.20. The van der Waals surface area contributed by atoms with Crippen molar-refractivity contribution in [1.29, 1.82) is 0 Å². The molecule has 94 valence electrons. The zero-order chi connectivity index (χ0) is 13.0. The maximum absolute atomic E-state index is 9.67. The van der Waals surface area contributed by atoms with Crippen molar-refractivity contribution in [2.75, 3.05) is 11.9 Å². The molecule has 2 N–H and O–H groups in total. The van der Waals surface area contributed by atoms with Crippen LogP contribution in [0.2, 0.25) is 0 Å². The summed E-state index contributed by atoms with van der Waals surface area (Å²) in [5.74, 6) is 0.658. The van der Waals surface area contributed by atoms with Crippen LogP contribution in [-0.2, 0) is 5.54 Å². The number of hydrogen-bond donors (Lipinski definition) is 2. The monoisotopic (exact) mass is 307 g/mol. The smallest absolute Gasteiger partial charge is 0.144 e. The van der Waals surface area contributed by atoms with Crippen LogP contribution in [0.1, 0.15) is 12.5 Å². The lowest BCUT2D eigenvalue weighted by Gasteiger charge is -2.30. The van der Waals surface area contributed by atoms with Crippen molar-refractivity contribution >= 4 is 21.7 Å². The molecule has 1 heterocycles. The van der Waals surface area contributed by atoms with E-state index in [1.165, 1.54) is 6.33 Å².